The summed E-state index contributed by atoms with van der Waals surface area (Å²) in [6.07, 6.45) is 5.78. The van der Waals surface area contributed by atoms with Gasteiger partial charge in [0.05, 0.1) is 5.75 Å². The third-order valence-corrected chi connectivity index (χ3v) is 5.67. The lowest BCUT2D eigenvalue weighted by molar-refractivity contribution is 0.232. The van der Waals surface area contributed by atoms with Crippen LogP contribution < -0.4 is 10.0 Å². The second-order valence-corrected chi connectivity index (χ2v) is 7.62. The molecule has 112 valence electrons. The largest absolute Gasteiger partial charge is 0.317 e. The van der Waals surface area contributed by atoms with E-state index in [0.29, 0.717) is 18.2 Å². The third kappa shape index (κ3) is 5.77. The summed E-state index contributed by atoms with van der Waals surface area (Å²) in [4.78, 5) is 2.36. The zero-order chi connectivity index (χ0) is 13.6. The Bertz CT molecular complexity index is 347. The van der Waals surface area contributed by atoms with E-state index in [2.05, 4.69) is 14.9 Å². The first kappa shape index (κ1) is 15.2. The van der Waals surface area contributed by atoms with E-state index in [1.165, 1.54) is 19.3 Å². The maximum Gasteiger partial charge on any atom is 0.211 e. The van der Waals surface area contributed by atoms with Crippen LogP contribution in [0.4, 0.5) is 0 Å². The summed E-state index contributed by atoms with van der Waals surface area (Å²) in [5.41, 5.74) is 0. The van der Waals surface area contributed by atoms with Gasteiger partial charge in [0, 0.05) is 13.1 Å². The monoisotopic (exact) mass is 289 g/mol. The topological polar surface area (TPSA) is 61.4 Å². The highest BCUT2D eigenvalue weighted by molar-refractivity contribution is 7.89. The molecule has 5 nitrogen and oxygen atoms in total. The molecule has 0 unspecified atom stereocenters. The summed E-state index contributed by atoms with van der Waals surface area (Å²) in [5, 5.41) is 3.26. The Kier molecular flexibility index (Phi) is 6.06. The van der Waals surface area contributed by atoms with Gasteiger partial charge in [-0.15, -0.1) is 0 Å². The Morgan fingerprint density at radius 3 is 2.47 bits per heavy atom. The van der Waals surface area contributed by atoms with Gasteiger partial charge in [-0.3, -0.25) is 0 Å². The summed E-state index contributed by atoms with van der Waals surface area (Å²) in [6, 6.07) is 0. The summed E-state index contributed by atoms with van der Waals surface area (Å²) in [6.45, 7) is 5.56. The highest BCUT2D eigenvalue weighted by Gasteiger charge is 2.21. The van der Waals surface area contributed by atoms with Crippen LogP contribution in [0.15, 0.2) is 0 Å². The first-order chi connectivity index (χ1) is 9.16. The average molecular weight is 289 g/mol. The zero-order valence-corrected chi connectivity index (χ0v) is 12.6. The van der Waals surface area contributed by atoms with Gasteiger partial charge in [0.25, 0.3) is 0 Å². The number of piperidine rings is 2. The molecule has 0 aromatic heterocycles. The summed E-state index contributed by atoms with van der Waals surface area (Å²) < 4.78 is 26.7. The highest BCUT2D eigenvalue weighted by Crippen LogP contribution is 2.13. The van der Waals surface area contributed by atoms with Crippen LogP contribution in [-0.2, 0) is 10.0 Å². The predicted octanol–water partition coefficient (Wildman–Crippen LogP) is 0.391. The predicted molar refractivity (Wildman–Crippen MR) is 77.7 cm³/mol. The van der Waals surface area contributed by atoms with Gasteiger partial charge in [-0.25, -0.2) is 13.1 Å². The highest BCUT2D eigenvalue weighted by atomic mass is 32.2. The number of nitrogens with one attached hydrogen (secondary N) is 2. The molecule has 0 bridgehead atoms. The number of hydrogen-bond acceptors (Lipinski definition) is 4. The van der Waals surface area contributed by atoms with Crippen LogP contribution in [0.1, 0.15) is 32.1 Å². The van der Waals surface area contributed by atoms with Crippen molar-refractivity contribution in [2.24, 2.45) is 5.92 Å². The van der Waals surface area contributed by atoms with Gasteiger partial charge in [-0.05, 0) is 57.8 Å². The molecule has 2 N–H and O–H groups in total. The molecule has 19 heavy (non-hydrogen) atoms. The molecule has 0 saturated carbocycles. The molecule has 0 radical (unpaired) electrons. The van der Waals surface area contributed by atoms with Crippen LogP contribution in [0.5, 0.6) is 0 Å². The number of rotatable bonds is 6. The third-order valence-electron chi connectivity index (χ3n) is 4.11. The zero-order valence-electron chi connectivity index (χ0n) is 11.7. The maximum absolute atomic E-state index is 12.0. The molecule has 0 spiro atoms. The van der Waals surface area contributed by atoms with Crippen LogP contribution in [0.3, 0.4) is 0 Å². The number of nitrogens with zero attached hydrogens (tertiary/aromatic N) is 1. The van der Waals surface area contributed by atoms with Crippen LogP contribution >= 0.6 is 0 Å². The molecule has 6 heteroatoms. The smallest absolute Gasteiger partial charge is 0.211 e. The molecular weight excluding hydrogens is 262 g/mol. The van der Waals surface area contributed by atoms with Crippen molar-refractivity contribution in [3.8, 4) is 0 Å². The average Bonchev–Trinajstić information content (AvgIpc) is 2.40. The summed E-state index contributed by atoms with van der Waals surface area (Å²) >= 11 is 0. The molecule has 0 aromatic rings. The lowest BCUT2D eigenvalue weighted by Crippen LogP contribution is -2.40. The Labute approximate surface area is 117 Å². The van der Waals surface area contributed by atoms with E-state index in [1.54, 1.807) is 0 Å². The van der Waals surface area contributed by atoms with E-state index in [4.69, 9.17) is 0 Å². The minimum atomic E-state index is -3.09. The maximum atomic E-state index is 12.0. The molecule has 0 aliphatic carbocycles. The van der Waals surface area contributed by atoms with E-state index in [1.807, 2.05) is 0 Å². The molecule has 2 heterocycles. The van der Waals surface area contributed by atoms with Gasteiger partial charge in [-0.1, -0.05) is 6.42 Å². The summed E-state index contributed by atoms with van der Waals surface area (Å²) in [7, 11) is -3.09. The Morgan fingerprint density at radius 2 is 1.79 bits per heavy atom. The molecule has 2 aliphatic rings. The first-order valence-electron chi connectivity index (χ1n) is 7.56. The first-order valence-corrected chi connectivity index (χ1v) is 9.21. The van der Waals surface area contributed by atoms with Crippen molar-refractivity contribution in [2.45, 2.75) is 32.1 Å². The Morgan fingerprint density at radius 1 is 1.11 bits per heavy atom. The van der Waals surface area contributed by atoms with Crippen molar-refractivity contribution in [2.75, 3.05) is 45.0 Å². The minimum absolute atomic E-state index is 0.300. The fourth-order valence-electron chi connectivity index (χ4n) is 2.96. The van der Waals surface area contributed by atoms with E-state index in [9.17, 15) is 8.42 Å². The SMILES string of the molecule is O=S(=O)(CC1CCNCC1)NCCN1CCCCC1. The van der Waals surface area contributed by atoms with Gasteiger partial charge in [0.15, 0.2) is 0 Å². The van der Waals surface area contributed by atoms with Gasteiger partial charge in [0.1, 0.15) is 0 Å². The molecule has 0 amide bonds. The van der Waals surface area contributed by atoms with Gasteiger partial charge in [0.2, 0.25) is 10.0 Å². The fraction of sp³-hybridized carbons (Fsp3) is 1.00. The number of likely N-dealkylation sites (tertiary alicyclic amines) is 1. The second-order valence-electron chi connectivity index (χ2n) is 5.77. The van der Waals surface area contributed by atoms with Crippen molar-refractivity contribution < 1.29 is 8.42 Å². The van der Waals surface area contributed by atoms with Crippen molar-refractivity contribution in [1.29, 1.82) is 0 Å². The van der Waals surface area contributed by atoms with Crippen molar-refractivity contribution in [3.05, 3.63) is 0 Å². The minimum Gasteiger partial charge on any atom is -0.317 e. The lowest BCUT2D eigenvalue weighted by atomic mass is 10.0. The Hall–Kier alpha value is -0.170. The Balaban J connectivity index is 1.65. The van der Waals surface area contributed by atoms with Gasteiger partial charge in [-0.2, -0.15) is 0 Å². The van der Waals surface area contributed by atoms with E-state index in [0.717, 1.165) is 45.6 Å². The normalized spacial score (nSPS) is 23.6. The van der Waals surface area contributed by atoms with E-state index < -0.39 is 10.0 Å². The molecule has 0 aromatic carbocycles. The van der Waals surface area contributed by atoms with Crippen LogP contribution in [0.25, 0.3) is 0 Å². The molecule has 2 aliphatic heterocycles. The van der Waals surface area contributed by atoms with Gasteiger partial charge < -0.3 is 10.2 Å². The van der Waals surface area contributed by atoms with E-state index >= 15 is 0 Å². The second kappa shape index (κ2) is 7.57. The molecule has 2 saturated heterocycles. The number of sulfonamides is 1. The molecular formula is C13H27N3O2S. The molecule has 0 atom stereocenters. The van der Waals surface area contributed by atoms with Crippen LogP contribution in [-0.4, -0.2) is 58.3 Å². The van der Waals surface area contributed by atoms with Crippen molar-refractivity contribution in [3.63, 3.8) is 0 Å². The van der Waals surface area contributed by atoms with Crippen molar-refractivity contribution in [1.82, 2.24) is 14.9 Å². The van der Waals surface area contributed by atoms with Crippen LogP contribution in [0.2, 0.25) is 0 Å². The quantitative estimate of drug-likeness (QED) is 0.743. The standard InChI is InChI=1S/C13H27N3O2S/c17-19(18,12-13-4-6-14-7-5-13)15-8-11-16-9-2-1-3-10-16/h13-15H,1-12H2. The van der Waals surface area contributed by atoms with Gasteiger partial charge >= 0.3 is 0 Å². The molecule has 2 rings (SSSR count). The van der Waals surface area contributed by atoms with Crippen LogP contribution in [0, 0.1) is 5.92 Å². The number of hydrogen-bond donors (Lipinski definition) is 2. The summed E-state index contributed by atoms with van der Waals surface area (Å²) in [5.74, 6) is 0.628. The van der Waals surface area contributed by atoms with Crippen molar-refractivity contribution >= 4 is 10.0 Å². The van der Waals surface area contributed by atoms with E-state index in [-0.39, 0.29) is 0 Å². The molecule has 2 fully saturated rings. The lowest BCUT2D eigenvalue weighted by Gasteiger charge is -2.26. The fourth-order valence-corrected chi connectivity index (χ4v) is 4.43.